The quantitative estimate of drug-likeness (QED) is 0.442. The van der Waals surface area contributed by atoms with Crippen molar-refractivity contribution in [3.05, 3.63) is 53.6 Å². The molecule has 3 rings (SSSR count). The first-order chi connectivity index (χ1) is 16.5. The minimum atomic E-state index is -4.63. The van der Waals surface area contributed by atoms with Gasteiger partial charge in [0.2, 0.25) is 5.91 Å². The van der Waals surface area contributed by atoms with Crippen LogP contribution in [0.1, 0.15) is 42.6 Å². The second-order valence-corrected chi connectivity index (χ2v) is 7.71. The summed E-state index contributed by atoms with van der Waals surface area (Å²) in [5, 5.41) is 2.31. The van der Waals surface area contributed by atoms with Gasteiger partial charge in [-0.05, 0) is 56.3 Å². The van der Waals surface area contributed by atoms with Crippen LogP contribution in [0.3, 0.4) is 0 Å². The normalized spacial score (nSPS) is 14.0. The van der Waals surface area contributed by atoms with E-state index < -0.39 is 42.2 Å². The van der Waals surface area contributed by atoms with Crippen molar-refractivity contribution in [2.24, 2.45) is 0 Å². The fourth-order valence-corrected chi connectivity index (χ4v) is 3.45. The van der Waals surface area contributed by atoms with Crippen molar-refractivity contribution in [1.29, 1.82) is 0 Å². The number of ketones is 1. The van der Waals surface area contributed by atoms with E-state index in [0.717, 1.165) is 23.1 Å². The fraction of sp³-hybridized carbons (Fsp3) is 0.333. The van der Waals surface area contributed by atoms with E-state index in [-0.39, 0.29) is 30.0 Å². The summed E-state index contributed by atoms with van der Waals surface area (Å²) in [6.45, 7) is 3.15. The number of nitrogens with zero attached hydrogens (tertiary/aromatic N) is 1. The summed E-state index contributed by atoms with van der Waals surface area (Å²) in [6, 6.07) is 9.02. The zero-order chi connectivity index (χ0) is 25.8. The highest BCUT2D eigenvalue weighted by atomic mass is 19.4. The van der Waals surface area contributed by atoms with Crippen molar-refractivity contribution in [3.63, 3.8) is 0 Å². The van der Waals surface area contributed by atoms with E-state index in [1.54, 1.807) is 24.3 Å². The number of rotatable bonds is 8. The molecule has 0 aromatic heterocycles. The van der Waals surface area contributed by atoms with Crippen molar-refractivity contribution in [1.82, 2.24) is 0 Å². The number of amides is 2. The van der Waals surface area contributed by atoms with Crippen LogP contribution in [0, 0.1) is 0 Å². The van der Waals surface area contributed by atoms with Crippen LogP contribution in [0.2, 0.25) is 0 Å². The molecule has 2 aromatic carbocycles. The smallest absolute Gasteiger partial charge is 0.416 e. The van der Waals surface area contributed by atoms with E-state index in [9.17, 15) is 32.3 Å². The van der Waals surface area contributed by atoms with E-state index in [0.29, 0.717) is 17.9 Å². The van der Waals surface area contributed by atoms with E-state index in [2.05, 4.69) is 5.32 Å². The van der Waals surface area contributed by atoms with Gasteiger partial charge < -0.3 is 14.8 Å². The van der Waals surface area contributed by atoms with Crippen LogP contribution in [-0.2, 0) is 25.3 Å². The molecule has 0 saturated carbocycles. The molecule has 0 spiro atoms. The number of carbonyl (C=O) groups is 4. The number of esters is 1. The maximum Gasteiger partial charge on any atom is 0.416 e. The standard InChI is InChI=1S/C24H23F3N2O6/c1-3-34-17-7-4-15(5-8-17)20(30)10-11-22(32)35-14(2)23(33)29-13-21(31)28-18-12-16(24(25,26)27)6-9-19(18)29/h4-9,12,14H,3,10-11,13H2,1-2H3,(H,28,31). The highest BCUT2D eigenvalue weighted by Crippen LogP contribution is 2.37. The molecular formula is C24H23F3N2O6. The van der Waals surface area contributed by atoms with E-state index >= 15 is 0 Å². The molecular weight excluding hydrogens is 469 g/mol. The monoisotopic (exact) mass is 492 g/mol. The van der Waals surface area contributed by atoms with Crippen LogP contribution in [-0.4, -0.2) is 42.8 Å². The molecule has 35 heavy (non-hydrogen) atoms. The molecule has 1 N–H and O–H groups in total. The van der Waals surface area contributed by atoms with Crippen LogP contribution < -0.4 is 15.0 Å². The first kappa shape index (κ1) is 25.7. The lowest BCUT2D eigenvalue weighted by Gasteiger charge is -2.31. The van der Waals surface area contributed by atoms with E-state index in [4.69, 9.17) is 9.47 Å². The van der Waals surface area contributed by atoms with E-state index in [1.807, 2.05) is 6.92 Å². The average molecular weight is 492 g/mol. The summed E-state index contributed by atoms with van der Waals surface area (Å²) in [5.74, 6) is -1.97. The largest absolute Gasteiger partial charge is 0.494 e. The number of hydrogen-bond donors (Lipinski definition) is 1. The van der Waals surface area contributed by atoms with Gasteiger partial charge in [-0.3, -0.25) is 24.1 Å². The topological polar surface area (TPSA) is 102 Å². The molecule has 2 amide bonds. The predicted molar refractivity (Wildman–Crippen MR) is 119 cm³/mol. The first-order valence-electron chi connectivity index (χ1n) is 10.8. The predicted octanol–water partition coefficient (Wildman–Crippen LogP) is 3.98. The van der Waals surface area contributed by atoms with Gasteiger partial charge in [-0.25, -0.2) is 0 Å². The lowest BCUT2D eigenvalue weighted by molar-refractivity contribution is -0.153. The molecule has 2 aromatic rings. The Bertz CT molecular complexity index is 1130. The van der Waals surface area contributed by atoms with Gasteiger partial charge in [0.1, 0.15) is 12.3 Å². The summed E-state index contributed by atoms with van der Waals surface area (Å²) in [5.41, 5.74) is -0.720. The molecule has 8 nitrogen and oxygen atoms in total. The molecule has 1 atom stereocenters. The maximum atomic E-state index is 13.0. The second-order valence-electron chi connectivity index (χ2n) is 7.71. The molecule has 0 saturated heterocycles. The van der Waals surface area contributed by atoms with Gasteiger partial charge in [-0.2, -0.15) is 13.2 Å². The SMILES string of the molecule is CCOc1ccc(C(=O)CCC(=O)OC(C)C(=O)N2CC(=O)Nc3cc(C(F)(F)F)ccc32)cc1. The Morgan fingerprint density at radius 1 is 1.09 bits per heavy atom. The number of halogens is 3. The highest BCUT2D eigenvalue weighted by Gasteiger charge is 2.35. The van der Waals surface area contributed by atoms with Gasteiger partial charge in [-0.15, -0.1) is 0 Å². The Labute approximate surface area is 199 Å². The Kier molecular flexibility index (Phi) is 7.78. The van der Waals surface area contributed by atoms with Crippen LogP contribution >= 0.6 is 0 Å². The lowest BCUT2D eigenvalue weighted by atomic mass is 10.1. The number of carbonyl (C=O) groups excluding carboxylic acids is 4. The van der Waals surface area contributed by atoms with Crippen LogP contribution in [0.25, 0.3) is 0 Å². The third-order valence-corrected chi connectivity index (χ3v) is 5.16. The number of fused-ring (bicyclic) bond motifs is 1. The minimum absolute atomic E-state index is 0.0520. The van der Waals surface area contributed by atoms with Crippen LogP contribution in [0.15, 0.2) is 42.5 Å². The Hall–Kier alpha value is -3.89. The summed E-state index contributed by atoms with van der Waals surface area (Å²) >= 11 is 0. The molecule has 1 aliphatic heterocycles. The molecule has 1 aliphatic rings. The number of hydrogen-bond acceptors (Lipinski definition) is 6. The molecule has 186 valence electrons. The molecule has 0 aliphatic carbocycles. The number of benzene rings is 2. The number of Topliss-reactive ketones (excluding diaryl/α,β-unsaturated/α-hetero) is 1. The van der Waals surface area contributed by atoms with Gasteiger partial charge in [0.25, 0.3) is 5.91 Å². The average Bonchev–Trinajstić information content (AvgIpc) is 2.81. The zero-order valence-corrected chi connectivity index (χ0v) is 19.0. The van der Waals surface area contributed by atoms with Crippen LogP contribution in [0.5, 0.6) is 5.75 Å². The molecule has 11 heteroatoms. The first-order valence-corrected chi connectivity index (χ1v) is 10.8. The van der Waals surface area contributed by atoms with E-state index in [1.165, 1.54) is 6.92 Å². The third-order valence-electron chi connectivity index (χ3n) is 5.16. The number of alkyl halides is 3. The Balaban J connectivity index is 1.60. The summed E-state index contributed by atoms with van der Waals surface area (Å²) in [7, 11) is 0. The summed E-state index contributed by atoms with van der Waals surface area (Å²) < 4.78 is 49.4. The van der Waals surface area contributed by atoms with Crippen LogP contribution in [0.4, 0.5) is 24.5 Å². The minimum Gasteiger partial charge on any atom is -0.494 e. The van der Waals surface area contributed by atoms with Crippen molar-refractivity contribution < 1.29 is 41.8 Å². The van der Waals surface area contributed by atoms with Gasteiger partial charge >= 0.3 is 12.1 Å². The van der Waals surface area contributed by atoms with Crippen molar-refractivity contribution in [2.45, 2.75) is 39.0 Å². The summed E-state index contributed by atoms with van der Waals surface area (Å²) in [4.78, 5) is 50.3. The summed E-state index contributed by atoms with van der Waals surface area (Å²) in [6.07, 6.45) is -6.39. The maximum absolute atomic E-state index is 13.0. The second kappa shape index (κ2) is 10.6. The number of anilines is 2. The molecule has 1 heterocycles. The highest BCUT2D eigenvalue weighted by molar-refractivity contribution is 6.11. The van der Waals surface area contributed by atoms with Crippen molar-refractivity contribution >= 4 is 34.9 Å². The zero-order valence-electron chi connectivity index (χ0n) is 19.0. The van der Waals surface area contributed by atoms with Crippen molar-refractivity contribution in [2.75, 3.05) is 23.4 Å². The molecule has 0 bridgehead atoms. The lowest BCUT2D eigenvalue weighted by Crippen LogP contribution is -2.47. The Morgan fingerprint density at radius 2 is 1.77 bits per heavy atom. The van der Waals surface area contributed by atoms with Gasteiger partial charge in [0.15, 0.2) is 11.9 Å². The molecule has 0 radical (unpaired) electrons. The van der Waals surface area contributed by atoms with Gasteiger partial charge in [0, 0.05) is 12.0 Å². The number of ether oxygens (including phenoxy) is 2. The van der Waals surface area contributed by atoms with Gasteiger partial charge in [0.05, 0.1) is 30.0 Å². The van der Waals surface area contributed by atoms with Gasteiger partial charge in [-0.1, -0.05) is 0 Å². The van der Waals surface area contributed by atoms with Crippen molar-refractivity contribution in [3.8, 4) is 5.75 Å². The third kappa shape index (κ3) is 6.37. The fourth-order valence-electron chi connectivity index (χ4n) is 3.45. The molecule has 0 fully saturated rings. The molecule has 1 unspecified atom stereocenters. The Morgan fingerprint density at radius 3 is 2.40 bits per heavy atom. The number of nitrogens with one attached hydrogen (secondary N) is 1.